The van der Waals surface area contributed by atoms with Crippen LogP contribution in [0.4, 0.5) is 11.6 Å². The number of allylic oxidation sites excluding steroid dienone is 2. The fraction of sp³-hybridized carbons (Fsp3) is 0.318. The van der Waals surface area contributed by atoms with Crippen LogP contribution < -0.4 is 10.0 Å². The van der Waals surface area contributed by atoms with Crippen LogP contribution in [0.1, 0.15) is 24.2 Å². The van der Waals surface area contributed by atoms with Gasteiger partial charge in [-0.3, -0.25) is 19.3 Å². The number of nitrogens with zero attached hydrogens (tertiary/aromatic N) is 3. The molecule has 0 bridgehead atoms. The number of hydrogen-bond donors (Lipinski definition) is 2. The molecular weight excluding hydrogens is 446 g/mol. The van der Waals surface area contributed by atoms with E-state index in [1.807, 2.05) is 12.2 Å². The molecule has 1 saturated heterocycles. The quantitative estimate of drug-likeness (QED) is 0.486. The summed E-state index contributed by atoms with van der Waals surface area (Å²) < 4.78 is 27.6. The molecule has 2 heterocycles. The Balaban J connectivity index is 1.39. The third-order valence-corrected chi connectivity index (χ3v) is 6.90. The van der Waals surface area contributed by atoms with E-state index in [1.54, 1.807) is 19.9 Å². The van der Waals surface area contributed by atoms with Crippen LogP contribution in [0.2, 0.25) is 0 Å². The van der Waals surface area contributed by atoms with Crippen molar-refractivity contribution >= 4 is 39.4 Å². The van der Waals surface area contributed by atoms with E-state index in [9.17, 15) is 22.8 Å². The summed E-state index contributed by atoms with van der Waals surface area (Å²) in [6.45, 7) is 3.09. The fourth-order valence-electron chi connectivity index (χ4n) is 4.04. The lowest BCUT2D eigenvalue weighted by molar-refractivity contribution is -0.142. The van der Waals surface area contributed by atoms with Gasteiger partial charge in [0.1, 0.15) is 6.54 Å². The Morgan fingerprint density at radius 1 is 1.00 bits per heavy atom. The fourth-order valence-corrected chi connectivity index (χ4v) is 4.98. The second-order valence-electron chi connectivity index (χ2n) is 8.07. The van der Waals surface area contributed by atoms with Gasteiger partial charge in [-0.15, -0.1) is 0 Å². The Bertz CT molecular complexity index is 1210. The lowest BCUT2D eigenvalue weighted by atomic mass is 9.85. The third-order valence-electron chi connectivity index (χ3n) is 5.56. The average molecular weight is 470 g/mol. The lowest BCUT2D eigenvalue weighted by Crippen LogP contribution is -2.38. The first-order valence-corrected chi connectivity index (χ1v) is 11.9. The average Bonchev–Trinajstić information content (AvgIpc) is 2.98. The van der Waals surface area contributed by atoms with Gasteiger partial charge in [0.2, 0.25) is 23.7 Å². The first-order valence-electron chi connectivity index (χ1n) is 10.4. The zero-order chi connectivity index (χ0) is 23.8. The number of aryl methyl sites for hydroxylation is 2. The Kier molecular flexibility index (Phi) is 5.98. The molecule has 2 N–H and O–H groups in total. The van der Waals surface area contributed by atoms with Gasteiger partial charge in [0.15, 0.2) is 0 Å². The number of amides is 3. The van der Waals surface area contributed by atoms with Crippen LogP contribution >= 0.6 is 0 Å². The van der Waals surface area contributed by atoms with Gasteiger partial charge >= 0.3 is 0 Å². The first kappa shape index (κ1) is 22.6. The number of fused-ring (bicyclic) bond motifs is 1. The molecule has 3 amide bonds. The molecule has 33 heavy (non-hydrogen) atoms. The molecule has 1 aliphatic heterocycles. The van der Waals surface area contributed by atoms with Crippen LogP contribution in [0.15, 0.2) is 47.4 Å². The maximum Gasteiger partial charge on any atom is 0.264 e. The van der Waals surface area contributed by atoms with Crippen molar-refractivity contribution in [2.24, 2.45) is 11.8 Å². The number of benzene rings is 1. The molecule has 172 valence electrons. The highest BCUT2D eigenvalue weighted by atomic mass is 32.2. The lowest BCUT2D eigenvalue weighted by Gasteiger charge is -2.14. The summed E-state index contributed by atoms with van der Waals surface area (Å²) in [4.78, 5) is 46.5. The van der Waals surface area contributed by atoms with Crippen LogP contribution in [0.3, 0.4) is 0 Å². The first-order chi connectivity index (χ1) is 15.6. The van der Waals surface area contributed by atoms with Gasteiger partial charge in [0.05, 0.1) is 16.7 Å². The van der Waals surface area contributed by atoms with Crippen LogP contribution in [0.25, 0.3) is 0 Å². The number of nitrogens with one attached hydrogen (secondary N) is 2. The van der Waals surface area contributed by atoms with Crippen molar-refractivity contribution in [1.82, 2.24) is 14.9 Å². The standard InChI is InChI=1S/C22H23N5O5S/c1-13-11-14(2)24-22(23-13)26-33(31,32)16-9-7-15(8-10-16)25-19(28)12-27-20(29)17-5-3-4-6-18(17)21(27)30/h3-4,7-11,17-18H,5-6,12H2,1-2H3,(H,25,28)(H,23,24,26)/t17-,18-/m0/s1. The molecule has 2 aromatic rings. The molecule has 4 rings (SSSR count). The van der Waals surface area contributed by atoms with E-state index in [4.69, 9.17) is 0 Å². The summed E-state index contributed by atoms with van der Waals surface area (Å²) in [5, 5.41) is 2.59. The van der Waals surface area contributed by atoms with Gasteiger partial charge in [0.25, 0.3) is 10.0 Å². The van der Waals surface area contributed by atoms with Crippen molar-refractivity contribution in [3.05, 3.63) is 53.9 Å². The molecule has 2 atom stereocenters. The molecule has 0 unspecified atom stereocenters. The monoisotopic (exact) mass is 469 g/mol. The maximum atomic E-state index is 12.6. The van der Waals surface area contributed by atoms with Crippen molar-refractivity contribution in [3.8, 4) is 0 Å². The minimum Gasteiger partial charge on any atom is -0.325 e. The Hall–Kier alpha value is -3.60. The highest BCUT2D eigenvalue weighted by Gasteiger charge is 2.47. The number of hydrogen-bond acceptors (Lipinski definition) is 7. The number of carbonyl (C=O) groups excluding carboxylic acids is 3. The van der Waals surface area contributed by atoms with E-state index in [-0.39, 0.29) is 29.2 Å². The van der Waals surface area contributed by atoms with Gasteiger partial charge in [-0.1, -0.05) is 12.2 Å². The molecule has 1 fully saturated rings. The van der Waals surface area contributed by atoms with Crippen molar-refractivity contribution in [1.29, 1.82) is 0 Å². The smallest absolute Gasteiger partial charge is 0.264 e. The van der Waals surface area contributed by atoms with Crippen molar-refractivity contribution < 1.29 is 22.8 Å². The number of rotatable bonds is 6. The number of likely N-dealkylation sites (tertiary alicyclic amines) is 1. The number of imide groups is 1. The molecular formula is C22H23N5O5S. The summed E-state index contributed by atoms with van der Waals surface area (Å²) in [7, 11) is -3.93. The van der Waals surface area contributed by atoms with Gasteiger partial charge in [-0.05, 0) is 57.0 Å². The van der Waals surface area contributed by atoms with E-state index in [1.165, 1.54) is 24.3 Å². The SMILES string of the molecule is Cc1cc(C)nc(NS(=O)(=O)c2ccc(NC(=O)CN3C(=O)[C@H]4CC=CC[C@@H]4C3=O)cc2)n1. The molecule has 11 heteroatoms. The molecule has 2 aliphatic rings. The van der Waals surface area contributed by atoms with Crippen molar-refractivity contribution in [2.75, 3.05) is 16.6 Å². The van der Waals surface area contributed by atoms with E-state index >= 15 is 0 Å². The second kappa shape index (κ2) is 8.74. The van der Waals surface area contributed by atoms with Crippen LogP contribution in [-0.2, 0) is 24.4 Å². The zero-order valence-corrected chi connectivity index (χ0v) is 18.9. The summed E-state index contributed by atoms with van der Waals surface area (Å²) in [5.74, 6) is -2.01. The number of carbonyl (C=O) groups is 3. The number of sulfonamides is 1. The van der Waals surface area contributed by atoms with E-state index in [0.29, 0.717) is 29.9 Å². The molecule has 1 aliphatic carbocycles. The Labute approximate surface area is 191 Å². The van der Waals surface area contributed by atoms with Crippen LogP contribution in [0, 0.1) is 25.7 Å². The molecule has 0 radical (unpaired) electrons. The Morgan fingerprint density at radius 2 is 1.55 bits per heavy atom. The highest BCUT2D eigenvalue weighted by molar-refractivity contribution is 7.92. The molecule has 1 aromatic carbocycles. The summed E-state index contributed by atoms with van der Waals surface area (Å²) in [6.07, 6.45) is 4.77. The summed E-state index contributed by atoms with van der Waals surface area (Å²) in [5.41, 5.74) is 1.59. The predicted octanol–water partition coefficient (Wildman–Crippen LogP) is 1.78. The maximum absolute atomic E-state index is 12.6. The topological polar surface area (TPSA) is 138 Å². The minimum atomic E-state index is -3.93. The summed E-state index contributed by atoms with van der Waals surface area (Å²) in [6, 6.07) is 7.22. The van der Waals surface area contributed by atoms with Gasteiger partial charge in [0, 0.05) is 17.1 Å². The molecule has 0 spiro atoms. The van der Waals surface area contributed by atoms with Gasteiger partial charge in [-0.2, -0.15) is 0 Å². The van der Waals surface area contributed by atoms with E-state index in [0.717, 1.165) is 4.90 Å². The van der Waals surface area contributed by atoms with Gasteiger partial charge < -0.3 is 5.32 Å². The van der Waals surface area contributed by atoms with E-state index < -0.39 is 27.8 Å². The molecule has 0 saturated carbocycles. The van der Waals surface area contributed by atoms with Crippen molar-refractivity contribution in [3.63, 3.8) is 0 Å². The molecule has 1 aromatic heterocycles. The number of anilines is 2. The van der Waals surface area contributed by atoms with Crippen molar-refractivity contribution in [2.45, 2.75) is 31.6 Å². The largest absolute Gasteiger partial charge is 0.325 e. The van der Waals surface area contributed by atoms with Crippen LogP contribution in [-0.4, -0.2) is 47.6 Å². The highest BCUT2D eigenvalue weighted by Crippen LogP contribution is 2.34. The normalized spacial score (nSPS) is 20.0. The van der Waals surface area contributed by atoms with E-state index in [2.05, 4.69) is 20.0 Å². The molecule has 10 nitrogen and oxygen atoms in total. The zero-order valence-electron chi connectivity index (χ0n) is 18.1. The minimum absolute atomic E-state index is 0.0272. The predicted molar refractivity (Wildman–Crippen MR) is 119 cm³/mol. The van der Waals surface area contributed by atoms with Gasteiger partial charge in [-0.25, -0.2) is 23.1 Å². The third kappa shape index (κ3) is 4.77. The summed E-state index contributed by atoms with van der Waals surface area (Å²) >= 11 is 0. The second-order valence-corrected chi connectivity index (χ2v) is 9.75. The number of aromatic nitrogens is 2. The Morgan fingerprint density at radius 3 is 2.09 bits per heavy atom. The van der Waals surface area contributed by atoms with Crippen LogP contribution in [0.5, 0.6) is 0 Å².